The number of nitrogens with two attached hydrogens (primary N) is 1. The molecule has 0 aliphatic rings. The van der Waals surface area contributed by atoms with Crippen molar-refractivity contribution in [3.05, 3.63) is 28.2 Å². The maximum absolute atomic E-state index is 13.8. The highest BCUT2D eigenvalue weighted by Gasteiger charge is 2.28. The summed E-state index contributed by atoms with van der Waals surface area (Å²) in [5.41, 5.74) is 5.87. The number of benzene rings is 1. The van der Waals surface area contributed by atoms with Crippen molar-refractivity contribution in [2.45, 2.75) is 31.2 Å². The van der Waals surface area contributed by atoms with Crippen molar-refractivity contribution in [3.63, 3.8) is 0 Å². The van der Waals surface area contributed by atoms with Gasteiger partial charge >= 0.3 is 0 Å². The summed E-state index contributed by atoms with van der Waals surface area (Å²) < 4.78 is 52.4. The average Bonchev–Trinajstić information content (AvgIpc) is 2.33. The van der Waals surface area contributed by atoms with Gasteiger partial charge in [-0.1, -0.05) is 13.8 Å². The van der Waals surface area contributed by atoms with Gasteiger partial charge in [-0.05, 0) is 34.3 Å². The van der Waals surface area contributed by atoms with Crippen LogP contribution in [0.3, 0.4) is 0 Å². The Morgan fingerprint density at radius 1 is 1.33 bits per heavy atom. The van der Waals surface area contributed by atoms with Crippen LogP contribution < -0.4 is 5.73 Å². The lowest BCUT2D eigenvalue weighted by Crippen LogP contribution is -2.35. The molecule has 0 saturated carbocycles. The molecule has 0 aromatic heterocycles. The van der Waals surface area contributed by atoms with Gasteiger partial charge in [0.1, 0.15) is 16.5 Å². The summed E-state index contributed by atoms with van der Waals surface area (Å²) in [6, 6.07) is 1.32. The van der Waals surface area contributed by atoms with Gasteiger partial charge in [-0.15, -0.1) is 0 Å². The molecule has 0 fully saturated rings. The molecule has 0 bridgehead atoms. The van der Waals surface area contributed by atoms with Crippen molar-refractivity contribution in [3.8, 4) is 0 Å². The number of nitrogens with zero attached hydrogens (tertiary/aromatic N) is 1. The molecule has 1 rings (SSSR count). The third-order valence-corrected chi connectivity index (χ3v) is 6.09. The van der Waals surface area contributed by atoms with E-state index in [4.69, 9.17) is 5.73 Å². The second-order valence-electron chi connectivity index (χ2n) is 5.22. The molecular weight excluding hydrogens is 366 g/mol. The number of halogens is 3. The summed E-state index contributed by atoms with van der Waals surface area (Å²) in [6.07, 6.45) is 0.452. The Balaban J connectivity index is 3.01. The molecule has 0 saturated heterocycles. The average molecular weight is 385 g/mol. The van der Waals surface area contributed by atoms with Crippen LogP contribution in [0.2, 0.25) is 0 Å². The van der Waals surface area contributed by atoms with Gasteiger partial charge in [0, 0.05) is 30.2 Å². The van der Waals surface area contributed by atoms with Gasteiger partial charge in [-0.2, -0.15) is 0 Å². The monoisotopic (exact) mass is 384 g/mol. The van der Waals surface area contributed by atoms with Crippen LogP contribution in [0.5, 0.6) is 0 Å². The standard InChI is InChI=1S/C13H19BrF2N2O2S/c1-8(2)12(17)4-5-18(3)21(19,20)13-10(14)6-9(15)7-11(13)16/h6-8,12H,4-5,17H2,1-3H3. The van der Waals surface area contributed by atoms with Gasteiger partial charge < -0.3 is 5.73 Å². The zero-order valence-electron chi connectivity index (χ0n) is 12.1. The quantitative estimate of drug-likeness (QED) is 0.819. The first-order valence-corrected chi connectivity index (χ1v) is 8.67. The van der Waals surface area contributed by atoms with E-state index in [-0.39, 0.29) is 23.0 Å². The first kappa shape index (κ1) is 18.5. The van der Waals surface area contributed by atoms with Crippen LogP contribution in [0.1, 0.15) is 20.3 Å². The fourth-order valence-electron chi connectivity index (χ4n) is 1.72. The molecule has 0 aliphatic carbocycles. The van der Waals surface area contributed by atoms with Crippen molar-refractivity contribution in [1.29, 1.82) is 0 Å². The molecular formula is C13H19BrF2N2O2S. The van der Waals surface area contributed by atoms with Crippen LogP contribution in [0.25, 0.3) is 0 Å². The third kappa shape index (κ3) is 4.45. The Morgan fingerprint density at radius 2 is 1.90 bits per heavy atom. The van der Waals surface area contributed by atoms with Crippen molar-refractivity contribution >= 4 is 26.0 Å². The minimum absolute atomic E-state index is 0.139. The lowest BCUT2D eigenvalue weighted by Gasteiger charge is -2.22. The summed E-state index contributed by atoms with van der Waals surface area (Å²) in [5, 5.41) is 0. The SMILES string of the molecule is CC(C)C(N)CCN(C)S(=O)(=O)c1c(F)cc(F)cc1Br. The zero-order chi connectivity index (χ0) is 16.4. The number of sulfonamides is 1. The Morgan fingerprint density at radius 3 is 2.38 bits per heavy atom. The topological polar surface area (TPSA) is 63.4 Å². The van der Waals surface area contributed by atoms with E-state index in [1.807, 2.05) is 13.8 Å². The molecule has 1 aromatic carbocycles. The molecule has 0 radical (unpaired) electrons. The lowest BCUT2D eigenvalue weighted by molar-refractivity contribution is 0.395. The molecule has 1 atom stereocenters. The molecule has 2 N–H and O–H groups in total. The van der Waals surface area contributed by atoms with Gasteiger partial charge in [-0.3, -0.25) is 0 Å². The van der Waals surface area contributed by atoms with E-state index in [0.717, 1.165) is 10.4 Å². The van der Waals surface area contributed by atoms with E-state index in [9.17, 15) is 17.2 Å². The predicted molar refractivity (Wildman–Crippen MR) is 81.3 cm³/mol. The van der Waals surface area contributed by atoms with E-state index in [2.05, 4.69) is 15.9 Å². The van der Waals surface area contributed by atoms with E-state index >= 15 is 0 Å². The molecule has 0 spiro atoms. The smallest absolute Gasteiger partial charge is 0.246 e. The van der Waals surface area contributed by atoms with E-state index in [0.29, 0.717) is 12.5 Å². The molecule has 8 heteroatoms. The highest BCUT2D eigenvalue weighted by Crippen LogP contribution is 2.28. The second-order valence-corrected chi connectivity index (χ2v) is 8.06. The van der Waals surface area contributed by atoms with Gasteiger partial charge in [0.25, 0.3) is 0 Å². The van der Waals surface area contributed by atoms with Gasteiger partial charge in [-0.25, -0.2) is 21.5 Å². The van der Waals surface area contributed by atoms with E-state index < -0.39 is 26.6 Å². The summed E-state index contributed by atoms with van der Waals surface area (Å²) >= 11 is 2.89. The number of hydrogen-bond acceptors (Lipinski definition) is 3. The Labute approximate surface area is 132 Å². The summed E-state index contributed by atoms with van der Waals surface area (Å²) in [4.78, 5) is -0.565. The predicted octanol–water partition coefficient (Wildman–Crippen LogP) is 2.72. The zero-order valence-corrected chi connectivity index (χ0v) is 14.5. The molecule has 120 valence electrons. The maximum Gasteiger partial charge on any atom is 0.246 e. The van der Waals surface area contributed by atoms with Crippen LogP contribution >= 0.6 is 15.9 Å². The molecule has 4 nitrogen and oxygen atoms in total. The highest BCUT2D eigenvalue weighted by molar-refractivity contribution is 9.10. The van der Waals surface area contributed by atoms with Crippen molar-refractivity contribution in [1.82, 2.24) is 4.31 Å². The van der Waals surface area contributed by atoms with Crippen LogP contribution in [-0.4, -0.2) is 32.4 Å². The highest BCUT2D eigenvalue weighted by atomic mass is 79.9. The Hall–Kier alpha value is -0.570. The molecule has 0 heterocycles. The molecule has 1 aromatic rings. The minimum Gasteiger partial charge on any atom is -0.327 e. The van der Waals surface area contributed by atoms with Crippen molar-refractivity contribution < 1.29 is 17.2 Å². The minimum atomic E-state index is -4.05. The molecule has 0 amide bonds. The Kier molecular flexibility index (Phi) is 6.27. The van der Waals surface area contributed by atoms with Crippen LogP contribution in [0, 0.1) is 17.6 Å². The van der Waals surface area contributed by atoms with Gasteiger partial charge in [0.05, 0.1) is 0 Å². The van der Waals surface area contributed by atoms with Gasteiger partial charge in [0.15, 0.2) is 0 Å². The Bertz CT molecular complexity index is 585. The largest absolute Gasteiger partial charge is 0.327 e. The number of hydrogen-bond donors (Lipinski definition) is 1. The van der Waals surface area contributed by atoms with Crippen LogP contribution in [-0.2, 0) is 10.0 Å². The van der Waals surface area contributed by atoms with Crippen molar-refractivity contribution in [2.24, 2.45) is 11.7 Å². The fourth-order valence-corrected chi connectivity index (χ4v) is 4.01. The van der Waals surface area contributed by atoms with E-state index in [1.165, 1.54) is 7.05 Å². The first-order chi connectivity index (χ1) is 9.57. The normalized spacial score (nSPS) is 14.0. The maximum atomic E-state index is 13.8. The second kappa shape index (κ2) is 7.13. The third-order valence-electron chi connectivity index (χ3n) is 3.26. The first-order valence-electron chi connectivity index (χ1n) is 6.43. The molecule has 1 unspecified atom stereocenters. The summed E-state index contributed by atoms with van der Waals surface area (Å²) in [6.45, 7) is 4.04. The van der Waals surface area contributed by atoms with E-state index in [1.54, 1.807) is 0 Å². The molecule has 0 aliphatic heterocycles. The van der Waals surface area contributed by atoms with Crippen molar-refractivity contribution in [2.75, 3.05) is 13.6 Å². The lowest BCUT2D eigenvalue weighted by atomic mass is 10.0. The van der Waals surface area contributed by atoms with Gasteiger partial charge in [0.2, 0.25) is 10.0 Å². The number of rotatable bonds is 6. The summed E-state index contributed by atoms with van der Waals surface area (Å²) in [7, 11) is -2.70. The van der Waals surface area contributed by atoms with Crippen LogP contribution in [0.15, 0.2) is 21.5 Å². The molecule has 21 heavy (non-hydrogen) atoms. The van der Waals surface area contributed by atoms with Crippen LogP contribution in [0.4, 0.5) is 8.78 Å². The summed E-state index contributed by atoms with van der Waals surface area (Å²) in [5.74, 6) is -1.75. The fraction of sp³-hybridized carbons (Fsp3) is 0.538.